The van der Waals surface area contributed by atoms with Gasteiger partial charge in [-0.05, 0) is 23.8 Å². The third kappa shape index (κ3) is 7.29. The molecule has 0 amide bonds. The van der Waals surface area contributed by atoms with E-state index < -0.39 is 20.0 Å². The monoisotopic (exact) mass is 520 g/mol. The summed E-state index contributed by atoms with van der Waals surface area (Å²) in [5.74, 6) is 0. The van der Waals surface area contributed by atoms with Crippen LogP contribution in [0.25, 0.3) is 0 Å². The van der Waals surface area contributed by atoms with Crippen molar-refractivity contribution < 1.29 is 33.7 Å². The van der Waals surface area contributed by atoms with Gasteiger partial charge in [0.15, 0.2) is 0 Å². The summed E-state index contributed by atoms with van der Waals surface area (Å²) in [5, 5.41) is 0. The van der Waals surface area contributed by atoms with Crippen LogP contribution in [-0.2, 0) is 20.0 Å². The predicted octanol–water partition coefficient (Wildman–Crippen LogP) is -0.222. The van der Waals surface area contributed by atoms with Crippen molar-refractivity contribution in [2.45, 2.75) is 9.79 Å². The van der Waals surface area contributed by atoms with Gasteiger partial charge < -0.3 is 16.9 Å². The van der Waals surface area contributed by atoms with Crippen LogP contribution in [0.1, 0.15) is 11.1 Å². The zero-order valence-corrected chi connectivity index (χ0v) is 21.3. The molecule has 180 valence electrons. The molecule has 0 radical (unpaired) electrons. The number of hydrogen-bond acceptors (Lipinski definition) is 5. The standard InChI is InChI=1S/C12H10N2O2S.C11H15N2O2S.ClH/c15-17(16,12-7-4-8-13-10-12)14-9-11-5-2-1-3-6-11;1-13(2,3)8-10-9-6-4-5-7-11(9)16(14,15)12-10;/h1-10H;4-7H,8H2,1-3H3;1H/q;+1;/p-1/b14-9+;;. The van der Waals surface area contributed by atoms with Gasteiger partial charge in [0.05, 0.1) is 26.0 Å². The number of halogens is 1. The van der Waals surface area contributed by atoms with E-state index in [1.54, 1.807) is 30.3 Å². The lowest BCUT2D eigenvalue weighted by molar-refractivity contribution is -0.860. The summed E-state index contributed by atoms with van der Waals surface area (Å²) in [7, 11) is -1.07. The van der Waals surface area contributed by atoms with Crippen molar-refractivity contribution in [1.29, 1.82) is 0 Å². The van der Waals surface area contributed by atoms with Gasteiger partial charge >= 0.3 is 0 Å². The molecule has 1 aliphatic rings. The van der Waals surface area contributed by atoms with Gasteiger partial charge in [-0.3, -0.25) is 4.98 Å². The van der Waals surface area contributed by atoms with E-state index in [2.05, 4.69) is 13.8 Å². The van der Waals surface area contributed by atoms with E-state index in [0.717, 1.165) is 11.1 Å². The highest BCUT2D eigenvalue weighted by atomic mass is 35.5. The Bertz CT molecular complexity index is 1390. The molecule has 2 aromatic carbocycles. The molecule has 0 saturated carbocycles. The Morgan fingerprint density at radius 1 is 0.941 bits per heavy atom. The van der Waals surface area contributed by atoms with Crippen molar-refractivity contribution in [3.8, 4) is 0 Å². The first-order valence-electron chi connectivity index (χ1n) is 9.97. The lowest BCUT2D eigenvalue weighted by atomic mass is 10.1. The van der Waals surface area contributed by atoms with Gasteiger partial charge in [0, 0.05) is 24.2 Å². The van der Waals surface area contributed by atoms with Gasteiger partial charge in [0.2, 0.25) is 0 Å². The first-order valence-corrected chi connectivity index (χ1v) is 12.9. The summed E-state index contributed by atoms with van der Waals surface area (Å²) in [5.41, 5.74) is 2.14. The Balaban J connectivity index is 0.000000234. The van der Waals surface area contributed by atoms with Crippen LogP contribution in [0.15, 0.2) is 97.7 Å². The molecule has 0 N–H and O–H groups in total. The number of pyridine rings is 1. The first-order chi connectivity index (χ1) is 15.5. The summed E-state index contributed by atoms with van der Waals surface area (Å²) in [6, 6.07) is 19.1. The summed E-state index contributed by atoms with van der Waals surface area (Å²) >= 11 is 0. The second kappa shape index (κ2) is 11.0. The molecular weight excluding hydrogens is 496 g/mol. The van der Waals surface area contributed by atoms with Crippen molar-refractivity contribution >= 4 is 32.0 Å². The molecule has 0 atom stereocenters. The SMILES string of the molecule is C[N+](C)(C)CC1=NS(=O)(=O)c2ccccc21.O=S(=O)(/N=C/c1ccccc1)c1cccnc1.[Cl-]. The van der Waals surface area contributed by atoms with E-state index in [1.807, 2.05) is 51.5 Å². The minimum absolute atomic E-state index is 0. The van der Waals surface area contributed by atoms with Crippen LogP contribution >= 0.6 is 0 Å². The quantitative estimate of drug-likeness (QED) is 0.341. The lowest BCUT2D eigenvalue weighted by Gasteiger charge is -2.23. The Morgan fingerprint density at radius 3 is 2.21 bits per heavy atom. The molecule has 1 aliphatic heterocycles. The number of rotatable bonds is 5. The molecule has 0 aliphatic carbocycles. The van der Waals surface area contributed by atoms with Crippen LogP contribution in [0.4, 0.5) is 0 Å². The highest BCUT2D eigenvalue weighted by molar-refractivity contribution is 7.91. The average Bonchev–Trinajstić information content (AvgIpc) is 3.03. The van der Waals surface area contributed by atoms with Crippen LogP contribution in [0.2, 0.25) is 0 Å². The van der Waals surface area contributed by atoms with Crippen LogP contribution in [0.5, 0.6) is 0 Å². The van der Waals surface area contributed by atoms with Gasteiger partial charge in [-0.1, -0.05) is 48.5 Å². The maximum absolute atomic E-state index is 11.8. The number of nitrogens with zero attached hydrogens (tertiary/aromatic N) is 4. The van der Waals surface area contributed by atoms with Crippen LogP contribution in [0.3, 0.4) is 0 Å². The Hall–Kier alpha value is -2.92. The number of likely N-dealkylation sites (N-methyl/N-ethyl adjacent to an activating group) is 1. The largest absolute Gasteiger partial charge is 1.00 e. The molecule has 0 spiro atoms. The van der Waals surface area contributed by atoms with Crippen LogP contribution < -0.4 is 12.4 Å². The Kier molecular flexibility index (Phi) is 8.84. The molecule has 0 unspecified atom stereocenters. The Labute approximate surface area is 206 Å². The van der Waals surface area contributed by atoms with E-state index in [-0.39, 0.29) is 17.3 Å². The molecule has 0 fully saturated rings. The Morgan fingerprint density at radius 2 is 1.59 bits per heavy atom. The molecule has 0 bridgehead atoms. The fourth-order valence-electron chi connectivity index (χ4n) is 2.97. The minimum atomic E-state index is -3.65. The predicted molar refractivity (Wildman–Crippen MR) is 129 cm³/mol. The van der Waals surface area contributed by atoms with Gasteiger partial charge in [-0.2, -0.15) is 25.6 Å². The number of aromatic nitrogens is 1. The zero-order valence-electron chi connectivity index (χ0n) is 18.9. The number of fused-ring (bicyclic) bond motifs is 1. The molecule has 11 heteroatoms. The van der Waals surface area contributed by atoms with E-state index in [4.69, 9.17) is 0 Å². The second-order valence-electron chi connectivity index (χ2n) is 8.27. The molecule has 1 aromatic heterocycles. The van der Waals surface area contributed by atoms with Crippen LogP contribution in [0, 0.1) is 0 Å². The molecular formula is C23H25ClN4O4S2. The summed E-state index contributed by atoms with van der Waals surface area (Å²) < 4.78 is 55.2. The van der Waals surface area contributed by atoms with Crippen molar-refractivity contribution in [3.63, 3.8) is 0 Å². The number of benzene rings is 2. The van der Waals surface area contributed by atoms with Gasteiger partial charge in [0.25, 0.3) is 20.0 Å². The topological polar surface area (TPSA) is 106 Å². The highest BCUT2D eigenvalue weighted by Gasteiger charge is 2.30. The molecule has 34 heavy (non-hydrogen) atoms. The van der Waals surface area contributed by atoms with Crippen molar-refractivity contribution in [2.24, 2.45) is 8.80 Å². The van der Waals surface area contributed by atoms with Gasteiger partial charge in [-0.25, -0.2) is 0 Å². The summed E-state index contributed by atoms with van der Waals surface area (Å²) in [6.45, 7) is 0.607. The van der Waals surface area contributed by atoms with Crippen LogP contribution in [-0.4, -0.2) is 65.9 Å². The maximum atomic E-state index is 11.8. The second-order valence-corrected chi connectivity index (χ2v) is 11.5. The third-order valence-corrected chi connectivity index (χ3v) is 7.00. The molecule has 0 saturated heterocycles. The number of quaternary nitrogens is 1. The van der Waals surface area contributed by atoms with E-state index in [9.17, 15) is 16.8 Å². The third-order valence-electron chi connectivity index (χ3n) is 4.40. The van der Waals surface area contributed by atoms with Crippen molar-refractivity contribution in [1.82, 2.24) is 4.98 Å². The average molecular weight is 521 g/mol. The fourth-order valence-corrected chi connectivity index (χ4v) is 5.05. The minimum Gasteiger partial charge on any atom is -1.00 e. The first kappa shape index (κ1) is 27.3. The van der Waals surface area contributed by atoms with E-state index >= 15 is 0 Å². The molecule has 3 aromatic rings. The molecule has 4 rings (SSSR count). The van der Waals surface area contributed by atoms with E-state index in [1.165, 1.54) is 24.7 Å². The smallest absolute Gasteiger partial charge is 0.283 e. The van der Waals surface area contributed by atoms with E-state index in [0.29, 0.717) is 21.6 Å². The van der Waals surface area contributed by atoms with Crippen molar-refractivity contribution in [3.05, 3.63) is 90.3 Å². The van der Waals surface area contributed by atoms with Gasteiger partial charge in [0.1, 0.15) is 17.2 Å². The maximum Gasteiger partial charge on any atom is 0.283 e. The fraction of sp³-hybridized carbons (Fsp3) is 0.174. The highest BCUT2D eigenvalue weighted by Crippen LogP contribution is 2.26. The summed E-state index contributed by atoms with van der Waals surface area (Å²) in [4.78, 5) is 4.17. The number of hydrogen-bond donors (Lipinski definition) is 0. The van der Waals surface area contributed by atoms with Gasteiger partial charge in [-0.15, -0.1) is 0 Å². The summed E-state index contributed by atoms with van der Waals surface area (Å²) in [6.07, 6.45) is 4.11. The number of sulfonamides is 2. The van der Waals surface area contributed by atoms with Crippen molar-refractivity contribution in [2.75, 3.05) is 27.7 Å². The lowest BCUT2D eigenvalue weighted by Crippen LogP contribution is -3.00. The molecule has 8 nitrogen and oxygen atoms in total. The zero-order chi connectivity index (χ0) is 24.1. The molecule has 2 heterocycles. The normalized spacial score (nSPS) is 14.4.